The van der Waals surface area contributed by atoms with Gasteiger partial charge in [0.25, 0.3) is 0 Å². The quantitative estimate of drug-likeness (QED) is 0.572. The molecule has 2 bridgehead atoms. The minimum Gasteiger partial charge on any atom is -0.784 e. The summed E-state index contributed by atoms with van der Waals surface area (Å²) in [6, 6.07) is 0. The molecule has 2 saturated heterocycles. The van der Waals surface area contributed by atoms with Crippen molar-refractivity contribution < 1.29 is 4.79 Å². The van der Waals surface area contributed by atoms with Gasteiger partial charge >= 0.3 is 0 Å². The molecule has 13 heavy (non-hydrogen) atoms. The maximum Gasteiger partial charge on any atom is 0.139 e. The smallest absolute Gasteiger partial charge is 0.139 e. The first-order valence-corrected chi connectivity index (χ1v) is 4.88. The van der Waals surface area contributed by atoms with Crippen molar-refractivity contribution in [2.24, 2.45) is 5.92 Å². The van der Waals surface area contributed by atoms with Gasteiger partial charge in [0.15, 0.2) is 0 Å². The zero-order valence-corrected chi connectivity index (χ0v) is 8.46. The summed E-state index contributed by atoms with van der Waals surface area (Å²) in [5, 5.41) is 13.1. The van der Waals surface area contributed by atoms with Gasteiger partial charge in [0.1, 0.15) is 5.78 Å². The first-order valence-electron chi connectivity index (χ1n) is 4.88. The Morgan fingerprint density at radius 1 is 1.46 bits per heavy atom. The molecule has 2 unspecified atom stereocenters. The molecule has 3 heteroatoms. The fourth-order valence-electron chi connectivity index (χ4n) is 2.96. The van der Waals surface area contributed by atoms with Crippen LogP contribution in [0.1, 0.15) is 40.0 Å². The molecule has 3 rings (SSSR count). The molecule has 2 aliphatic heterocycles. The third-order valence-electron chi connectivity index (χ3n) is 3.78. The van der Waals surface area contributed by atoms with E-state index in [1.807, 2.05) is 20.8 Å². The minimum atomic E-state index is -0.484. The van der Waals surface area contributed by atoms with Crippen LogP contribution in [0.5, 0.6) is 0 Å². The zero-order chi connectivity index (χ0) is 9.85. The van der Waals surface area contributed by atoms with Crippen LogP contribution in [0, 0.1) is 11.1 Å². The Kier molecular flexibility index (Phi) is 1.65. The summed E-state index contributed by atoms with van der Waals surface area (Å²) in [7, 11) is 0. The first kappa shape index (κ1) is 9.16. The van der Waals surface area contributed by atoms with E-state index in [9.17, 15) is 10.0 Å². The number of hydrogen-bond acceptors (Lipinski definition) is 3. The second kappa shape index (κ2) is 2.34. The molecule has 0 N–H and O–H groups in total. The largest absolute Gasteiger partial charge is 0.784 e. The van der Waals surface area contributed by atoms with Gasteiger partial charge in [-0.05, 0) is 33.6 Å². The summed E-state index contributed by atoms with van der Waals surface area (Å²) in [6.07, 6.45) is 2.21. The molecule has 1 aliphatic carbocycles. The van der Waals surface area contributed by atoms with Crippen molar-refractivity contribution >= 4 is 5.78 Å². The van der Waals surface area contributed by atoms with E-state index in [2.05, 4.69) is 0 Å². The van der Waals surface area contributed by atoms with Crippen molar-refractivity contribution in [2.75, 3.05) is 0 Å². The molecule has 3 fully saturated rings. The highest BCUT2D eigenvalue weighted by atomic mass is 16.5. The molecule has 0 aromatic carbocycles. The van der Waals surface area contributed by atoms with Gasteiger partial charge in [0, 0.05) is 23.4 Å². The van der Waals surface area contributed by atoms with Crippen LogP contribution in [-0.2, 0) is 4.79 Å². The number of Topliss-reactive ketones (excluding diaryl/α,β-unsaturated/α-hetero) is 1. The number of piperidine rings is 2. The average Bonchev–Trinajstić information content (AvgIpc) is 1.99. The van der Waals surface area contributed by atoms with E-state index in [1.54, 1.807) is 0 Å². The van der Waals surface area contributed by atoms with Gasteiger partial charge in [-0.2, -0.15) is 0 Å². The summed E-state index contributed by atoms with van der Waals surface area (Å²) in [4.78, 5) is 11.7. The molecule has 0 spiro atoms. The Hall–Kier alpha value is -0.410. The van der Waals surface area contributed by atoms with Crippen LogP contribution in [0.15, 0.2) is 0 Å². The van der Waals surface area contributed by atoms with Crippen molar-refractivity contribution in [1.29, 1.82) is 0 Å². The molecule has 0 aromatic rings. The zero-order valence-electron chi connectivity index (χ0n) is 8.46. The van der Waals surface area contributed by atoms with Crippen LogP contribution in [0.2, 0.25) is 0 Å². The van der Waals surface area contributed by atoms with Crippen LogP contribution in [0.25, 0.3) is 0 Å². The molecule has 3 nitrogen and oxygen atoms in total. The van der Waals surface area contributed by atoms with Crippen molar-refractivity contribution in [3.05, 3.63) is 5.21 Å². The van der Waals surface area contributed by atoms with Crippen LogP contribution in [0.3, 0.4) is 0 Å². The Balaban J connectivity index is 2.42. The predicted molar refractivity (Wildman–Crippen MR) is 50.0 cm³/mol. The monoisotopic (exact) mass is 182 g/mol. The Bertz CT molecular complexity index is 257. The Labute approximate surface area is 78.7 Å². The molecule has 0 radical (unpaired) electrons. The first-order chi connectivity index (χ1) is 5.88. The number of fused-ring (bicyclic) bond motifs is 3. The van der Waals surface area contributed by atoms with Gasteiger partial charge in [0.2, 0.25) is 0 Å². The highest BCUT2D eigenvalue weighted by Crippen LogP contribution is 2.49. The Morgan fingerprint density at radius 2 is 2.08 bits per heavy atom. The number of nitrogens with zero attached hydrogens (tertiary/aromatic N) is 1. The molecule has 1 saturated carbocycles. The number of carbonyl (C=O) groups excluding carboxylic acids is 1. The van der Waals surface area contributed by atoms with E-state index >= 15 is 0 Å². The molecular formula is C10H16NO2-. The number of hydroxylamine groups is 2. The van der Waals surface area contributed by atoms with Crippen molar-refractivity contribution in [1.82, 2.24) is 5.06 Å². The summed E-state index contributed by atoms with van der Waals surface area (Å²) < 4.78 is 0. The summed E-state index contributed by atoms with van der Waals surface area (Å²) >= 11 is 0. The van der Waals surface area contributed by atoms with Gasteiger partial charge in [-0.25, -0.2) is 0 Å². The number of hydrogen-bond donors (Lipinski definition) is 0. The molecule has 0 aromatic heterocycles. The molecule has 2 heterocycles. The lowest BCUT2D eigenvalue weighted by Gasteiger charge is -2.65. The van der Waals surface area contributed by atoms with E-state index in [4.69, 9.17) is 0 Å². The number of rotatable bonds is 0. The van der Waals surface area contributed by atoms with E-state index in [0.717, 1.165) is 17.9 Å². The van der Waals surface area contributed by atoms with Crippen molar-refractivity contribution in [2.45, 2.75) is 51.1 Å². The molecular weight excluding hydrogens is 166 g/mol. The van der Waals surface area contributed by atoms with Crippen LogP contribution < -0.4 is 0 Å². The van der Waals surface area contributed by atoms with Crippen LogP contribution in [0.4, 0.5) is 0 Å². The number of carbonyl (C=O) groups is 1. The lowest BCUT2D eigenvalue weighted by atomic mass is 9.63. The normalized spacial score (nSPS) is 44.0. The highest BCUT2D eigenvalue weighted by molar-refractivity contribution is 5.85. The highest BCUT2D eigenvalue weighted by Gasteiger charge is 2.53. The predicted octanol–water partition coefficient (Wildman–Crippen LogP) is 1.71. The van der Waals surface area contributed by atoms with E-state index in [-0.39, 0.29) is 11.7 Å². The van der Waals surface area contributed by atoms with Crippen molar-refractivity contribution in [3.8, 4) is 0 Å². The fraction of sp³-hybridized carbons (Fsp3) is 0.900. The maximum absolute atomic E-state index is 11.9. The number of ketones is 1. The van der Waals surface area contributed by atoms with Gasteiger partial charge < -0.3 is 10.3 Å². The second-order valence-corrected chi connectivity index (χ2v) is 5.18. The van der Waals surface area contributed by atoms with Gasteiger partial charge in [-0.1, -0.05) is 0 Å². The van der Waals surface area contributed by atoms with E-state index < -0.39 is 11.1 Å². The summed E-state index contributed by atoms with van der Waals surface area (Å²) in [6.45, 7) is 5.69. The third kappa shape index (κ3) is 1.00. The third-order valence-corrected chi connectivity index (χ3v) is 3.78. The summed E-state index contributed by atoms with van der Waals surface area (Å²) in [5.41, 5.74) is -0.905. The molecule has 0 amide bonds. The van der Waals surface area contributed by atoms with E-state index in [0.29, 0.717) is 6.42 Å². The lowest BCUT2D eigenvalue weighted by molar-refractivity contribution is -0.150. The summed E-state index contributed by atoms with van der Waals surface area (Å²) in [5.74, 6) is 0.248. The molecule has 2 atom stereocenters. The topological polar surface area (TPSA) is 43.4 Å². The van der Waals surface area contributed by atoms with Gasteiger partial charge in [0.05, 0.1) is 0 Å². The van der Waals surface area contributed by atoms with Crippen LogP contribution in [-0.4, -0.2) is 21.9 Å². The molecule has 3 aliphatic rings. The van der Waals surface area contributed by atoms with Gasteiger partial charge in [-0.15, -0.1) is 0 Å². The van der Waals surface area contributed by atoms with Crippen molar-refractivity contribution in [3.63, 3.8) is 0 Å². The minimum absolute atomic E-state index is 0.0353. The second-order valence-electron chi connectivity index (χ2n) is 5.18. The lowest BCUT2D eigenvalue weighted by Crippen LogP contribution is -2.67. The van der Waals surface area contributed by atoms with E-state index in [1.165, 1.54) is 0 Å². The molecule has 74 valence electrons. The SMILES string of the molecule is CC12CCC(C(=O)C1)C(C)(C)N2[O-]. The fourth-order valence-corrected chi connectivity index (χ4v) is 2.96. The van der Waals surface area contributed by atoms with Crippen LogP contribution >= 0.6 is 0 Å². The standard InChI is InChI=1S/C10H16NO2/c1-9(2)7-4-5-10(3,11(9)13)6-8(7)12/h7H,4-6H2,1-3H3/q-1. The average molecular weight is 182 g/mol. The van der Waals surface area contributed by atoms with Gasteiger partial charge in [-0.3, -0.25) is 4.79 Å². The Morgan fingerprint density at radius 3 is 2.54 bits per heavy atom. The maximum atomic E-state index is 11.9.